The quantitative estimate of drug-likeness (QED) is 0.496. The van der Waals surface area contributed by atoms with Crippen molar-refractivity contribution < 1.29 is 10.4 Å². The number of rotatable bonds is 1. The van der Waals surface area contributed by atoms with Crippen molar-refractivity contribution in [1.29, 1.82) is 0 Å². The number of hydrogen-bond donors (Lipinski definition) is 2. The number of nitrogens with one attached hydrogen (secondary N) is 1. The molecule has 1 aromatic heterocycles. The summed E-state index contributed by atoms with van der Waals surface area (Å²) in [5.41, 5.74) is -0.268. The Balaban J connectivity index is 3.21. The molecule has 0 fully saturated rings. The third kappa shape index (κ3) is 1.76. The van der Waals surface area contributed by atoms with Gasteiger partial charge < -0.3 is 5.21 Å². The Kier molecular flexibility index (Phi) is 2.58. The predicted octanol–water partition coefficient (Wildman–Crippen LogP) is 0.187. The maximum atomic E-state index is 10.4. The van der Waals surface area contributed by atoms with Crippen molar-refractivity contribution in [2.75, 3.05) is 0 Å². The first-order valence-corrected chi connectivity index (χ1v) is 3.28. The summed E-state index contributed by atoms with van der Waals surface area (Å²) in [5.74, 6) is 0. The summed E-state index contributed by atoms with van der Waals surface area (Å²) in [4.78, 5) is 6.90. The Morgan fingerprint density at radius 2 is 1.82 bits per heavy atom. The minimum absolute atomic E-state index is 0.155. The molecule has 0 spiro atoms. The minimum Gasteiger partial charge on any atom is -0.595 e. The second kappa shape index (κ2) is 3.29. The van der Waals surface area contributed by atoms with Gasteiger partial charge in [0.05, 0.1) is 0 Å². The molecule has 1 aromatic rings. The third-order valence-corrected chi connectivity index (χ3v) is 1.54. The first kappa shape index (κ1) is 8.63. The van der Waals surface area contributed by atoms with Gasteiger partial charge in [-0.25, -0.2) is 15.2 Å². The van der Waals surface area contributed by atoms with E-state index in [-0.39, 0.29) is 16.0 Å². The third-order valence-electron chi connectivity index (χ3n) is 0.969. The van der Waals surface area contributed by atoms with Gasteiger partial charge >= 0.3 is 0 Å². The average molecular weight is 196 g/mol. The van der Waals surface area contributed by atoms with Crippen molar-refractivity contribution in [3.8, 4) is 0 Å². The van der Waals surface area contributed by atoms with E-state index in [1.807, 2.05) is 0 Å². The van der Waals surface area contributed by atoms with Gasteiger partial charge in [-0.1, -0.05) is 23.2 Å². The molecular weight excluding hydrogens is 193 g/mol. The normalized spacial score (nSPS) is 13.1. The van der Waals surface area contributed by atoms with Gasteiger partial charge in [0.2, 0.25) is 5.69 Å². The van der Waals surface area contributed by atoms with Crippen molar-refractivity contribution >= 4 is 28.9 Å². The molecule has 11 heavy (non-hydrogen) atoms. The van der Waals surface area contributed by atoms with Gasteiger partial charge in [-0.2, -0.15) is 5.23 Å². The van der Waals surface area contributed by atoms with Crippen LogP contribution in [-0.2, 0) is 0 Å². The largest absolute Gasteiger partial charge is 0.595 e. The Hall–Kier alpha value is -0.460. The highest BCUT2D eigenvalue weighted by molar-refractivity contribution is 6.36. The summed E-state index contributed by atoms with van der Waals surface area (Å²) in [6.45, 7) is 0. The summed E-state index contributed by atoms with van der Waals surface area (Å²) in [5, 5.41) is 17.3. The summed E-state index contributed by atoms with van der Waals surface area (Å²) in [6.07, 6.45) is 1.09. The molecule has 0 saturated carbocycles. The zero-order valence-electron chi connectivity index (χ0n) is 5.08. The molecule has 0 radical (unpaired) electrons. The highest BCUT2D eigenvalue weighted by atomic mass is 35.5. The first-order valence-electron chi connectivity index (χ1n) is 2.52. The van der Waals surface area contributed by atoms with Crippen LogP contribution in [0.5, 0.6) is 0 Å². The van der Waals surface area contributed by atoms with E-state index in [2.05, 4.69) is 9.97 Å². The fourth-order valence-electron chi connectivity index (χ4n) is 0.521. The molecule has 7 heteroatoms. The van der Waals surface area contributed by atoms with Crippen LogP contribution in [0.2, 0.25) is 10.3 Å². The molecule has 60 valence electrons. The predicted molar refractivity (Wildman–Crippen MR) is 37.8 cm³/mol. The summed E-state index contributed by atoms with van der Waals surface area (Å²) in [6, 6.07) is 0. The topological polar surface area (TPSA) is 73.5 Å². The van der Waals surface area contributed by atoms with E-state index in [4.69, 9.17) is 28.4 Å². The molecule has 1 heterocycles. The van der Waals surface area contributed by atoms with E-state index >= 15 is 0 Å². The molecule has 0 aliphatic rings. The summed E-state index contributed by atoms with van der Waals surface area (Å²) < 4.78 is 0. The second-order valence-corrected chi connectivity index (χ2v) is 2.35. The second-order valence-electron chi connectivity index (χ2n) is 1.64. The first-order chi connectivity index (χ1) is 5.13. The fourth-order valence-corrected chi connectivity index (χ4v) is 0.997. The average Bonchev–Trinajstić information content (AvgIpc) is 1.85. The molecule has 0 aliphatic heterocycles. The zero-order chi connectivity index (χ0) is 8.43. The SMILES string of the molecule is [O-][NH+](O)c1c(Cl)ncnc1Cl. The summed E-state index contributed by atoms with van der Waals surface area (Å²) >= 11 is 10.8. The molecule has 2 N–H and O–H groups in total. The molecule has 0 saturated heterocycles. The van der Waals surface area contributed by atoms with E-state index in [0.717, 1.165) is 6.33 Å². The lowest BCUT2D eigenvalue weighted by Gasteiger charge is -2.12. The van der Waals surface area contributed by atoms with Crippen molar-refractivity contribution in [3.63, 3.8) is 0 Å². The van der Waals surface area contributed by atoms with Crippen LogP contribution in [0.15, 0.2) is 6.33 Å². The van der Waals surface area contributed by atoms with Crippen LogP contribution in [0.3, 0.4) is 0 Å². The molecule has 0 amide bonds. The fraction of sp³-hybridized carbons (Fsp3) is 0. The number of quaternary nitrogens is 1. The van der Waals surface area contributed by atoms with Crippen LogP contribution in [0.25, 0.3) is 0 Å². The number of halogens is 2. The van der Waals surface area contributed by atoms with E-state index in [9.17, 15) is 5.21 Å². The van der Waals surface area contributed by atoms with Crippen LogP contribution in [0.4, 0.5) is 5.69 Å². The monoisotopic (exact) mass is 195 g/mol. The van der Waals surface area contributed by atoms with Gasteiger partial charge in [0, 0.05) is 0 Å². The lowest BCUT2D eigenvalue weighted by molar-refractivity contribution is -0.991. The lowest BCUT2D eigenvalue weighted by atomic mass is 10.5. The van der Waals surface area contributed by atoms with Gasteiger partial charge in [0.1, 0.15) is 6.33 Å². The maximum absolute atomic E-state index is 10.4. The lowest BCUT2D eigenvalue weighted by Crippen LogP contribution is -2.99. The van der Waals surface area contributed by atoms with Gasteiger partial charge in [0.15, 0.2) is 10.3 Å². The van der Waals surface area contributed by atoms with Crippen molar-refractivity contribution in [3.05, 3.63) is 21.8 Å². The molecular formula is C4H3Cl2N3O2. The smallest absolute Gasteiger partial charge is 0.239 e. The van der Waals surface area contributed by atoms with Crippen LogP contribution < -0.4 is 5.23 Å². The Labute approximate surface area is 71.7 Å². The Bertz CT molecular complexity index is 247. The standard InChI is InChI=1S/C4H3Cl2N3O2/c5-3-2(9(10)11)4(6)8-1-7-3/h1,9-10H. The van der Waals surface area contributed by atoms with Gasteiger partial charge in [0.25, 0.3) is 0 Å². The van der Waals surface area contributed by atoms with Gasteiger partial charge in [-0.15, -0.1) is 0 Å². The molecule has 1 rings (SSSR count). The Morgan fingerprint density at radius 3 is 2.09 bits per heavy atom. The van der Waals surface area contributed by atoms with Crippen LogP contribution >= 0.6 is 23.2 Å². The number of hydrogen-bond acceptors (Lipinski definition) is 4. The van der Waals surface area contributed by atoms with E-state index < -0.39 is 5.23 Å². The molecule has 1 atom stereocenters. The van der Waals surface area contributed by atoms with Crippen LogP contribution in [0.1, 0.15) is 0 Å². The van der Waals surface area contributed by atoms with Crippen molar-refractivity contribution in [2.45, 2.75) is 0 Å². The molecule has 0 bridgehead atoms. The van der Waals surface area contributed by atoms with E-state index in [1.54, 1.807) is 0 Å². The van der Waals surface area contributed by atoms with E-state index in [1.165, 1.54) is 0 Å². The van der Waals surface area contributed by atoms with Crippen LogP contribution in [0, 0.1) is 5.21 Å². The molecule has 5 nitrogen and oxygen atoms in total. The van der Waals surface area contributed by atoms with Gasteiger partial charge in [-0.05, 0) is 0 Å². The minimum atomic E-state index is -1.24. The highest BCUT2D eigenvalue weighted by Gasteiger charge is 2.14. The number of aromatic nitrogens is 2. The van der Waals surface area contributed by atoms with E-state index in [0.29, 0.717) is 0 Å². The maximum Gasteiger partial charge on any atom is 0.239 e. The molecule has 1 unspecified atom stereocenters. The Morgan fingerprint density at radius 1 is 1.36 bits per heavy atom. The molecule has 0 aliphatic carbocycles. The molecule has 0 aromatic carbocycles. The highest BCUT2D eigenvalue weighted by Crippen LogP contribution is 2.20. The zero-order valence-corrected chi connectivity index (χ0v) is 6.60. The van der Waals surface area contributed by atoms with Gasteiger partial charge in [-0.3, -0.25) is 0 Å². The van der Waals surface area contributed by atoms with Crippen LogP contribution in [-0.4, -0.2) is 15.2 Å². The van der Waals surface area contributed by atoms with Crippen molar-refractivity contribution in [2.24, 2.45) is 0 Å². The summed E-state index contributed by atoms with van der Waals surface area (Å²) in [7, 11) is 0. The number of nitrogens with zero attached hydrogens (tertiary/aromatic N) is 2. The van der Waals surface area contributed by atoms with Crippen molar-refractivity contribution in [1.82, 2.24) is 9.97 Å².